The van der Waals surface area contributed by atoms with Gasteiger partial charge in [0.1, 0.15) is 0 Å². The summed E-state index contributed by atoms with van der Waals surface area (Å²) in [7, 11) is 0. The number of carbonyl (C=O) groups excluding carboxylic acids is 2. The zero-order valence-electron chi connectivity index (χ0n) is 12.0. The Labute approximate surface area is 129 Å². The molecule has 5 heteroatoms. The first-order valence-electron chi connectivity index (χ1n) is 7.46. The summed E-state index contributed by atoms with van der Waals surface area (Å²) in [5, 5.41) is 3.17. The second kappa shape index (κ2) is 6.52. The minimum absolute atomic E-state index is 0.0396. The van der Waals surface area contributed by atoms with Crippen LogP contribution in [0.2, 0.25) is 0 Å². The number of amides is 2. The molecule has 3 rings (SSSR count). The van der Waals surface area contributed by atoms with Crippen molar-refractivity contribution in [3.8, 4) is 0 Å². The van der Waals surface area contributed by atoms with Gasteiger partial charge < -0.3 is 10.2 Å². The summed E-state index contributed by atoms with van der Waals surface area (Å²) >= 11 is 1.92. The van der Waals surface area contributed by atoms with Gasteiger partial charge in [-0.3, -0.25) is 9.59 Å². The van der Waals surface area contributed by atoms with Crippen molar-refractivity contribution in [3.63, 3.8) is 0 Å². The topological polar surface area (TPSA) is 49.4 Å². The fraction of sp³-hybridized carbons (Fsp3) is 0.500. The van der Waals surface area contributed by atoms with Gasteiger partial charge in [0, 0.05) is 37.1 Å². The van der Waals surface area contributed by atoms with Crippen LogP contribution in [0, 0.1) is 5.92 Å². The molecule has 0 bridgehead atoms. The third kappa shape index (κ3) is 3.40. The van der Waals surface area contributed by atoms with Gasteiger partial charge in [-0.1, -0.05) is 30.3 Å². The van der Waals surface area contributed by atoms with Crippen molar-refractivity contribution in [2.24, 2.45) is 5.92 Å². The maximum absolute atomic E-state index is 12.6. The summed E-state index contributed by atoms with van der Waals surface area (Å²) in [5.41, 5.74) is 1.29. The van der Waals surface area contributed by atoms with E-state index in [0.717, 1.165) is 18.8 Å². The molecule has 0 spiro atoms. The van der Waals surface area contributed by atoms with Crippen LogP contribution in [0.3, 0.4) is 0 Å². The van der Waals surface area contributed by atoms with Gasteiger partial charge >= 0.3 is 0 Å². The van der Waals surface area contributed by atoms with E-state index in [9.17, 15) is 9.59 Å². The Kier molecular flexibility index (Phi) is 4.48. The highest BCUT2D eigenvalue weighted by Crippen LogP contribution is 2.33. The maximum Gasteiger partial charge on any atom is 0.227 e. The highest BCUT2D eigenvalue weighted by molar-refractivity contribution is 7.99. The molecule has 2 aliphatic rings. The molecule has 0 aromatic heterocycles. The number of nitrogens with zero attached hydrogens (tertiary/aromatic N) is 1. The van der Waals surface area contributed by atoms with Crippen LogP contribution < -0.4 is 5.32 Å². The second-order valence-electron chi connectivity index (χ2n) is 5.59. The number of hydrogen-bond donors (Lipinski definition) is 1. The van der Waals surface area contributed by atoms with Crippen molar-refractivity contribution in [1.82, 2.24) is 10.2 Å². The predicted molar refractivity (Wildman–Crippen MR) is 84.0 cm³/mol. The van der Waals surface area contributed by atoms with Crippen LogP contribution in [-0.2, 0) is 9.59 Å². The maximum atomic E-state index is 12.6. The van der Waals surface area contributed by atoms with Crippen LogP contribution in [0.25, 0.3) is 0 Å². The lowest BCUT2D eigenvalue weighted by Gasteiger charge is -2.35. The first-order chi connectivity index (χ1) is 10.2. The molecule has 2 aliphatic heterocycles. The Hall–Kier alpha value is -1.49. The summed E-state index contributed by atoms with van der Waals surface area (Å²) in [6.45, 7) is 2.09. The Morgan fingerprint density at radius 1 is 1.29 bits per heavy atom. The normalized spacial score (nSPS) is 26.3. The monoisotopic (exact) mass is 304 g/mol. The second-order valence-corrected chi connectivity index (χ2v) is 6.90. The highest BCUT2D eigenvalue weighted by atomic mass is 32.2. The third-order valence-corrected chi connectivity index (χ3v) is 5.41. The number of benzene rings is 1. The van der Waals surface area contributed by atoms with Crippen molar-refractivity contribution >= 4 is 23.6 Å². The number of hydrogen-bond acceptors (Lipinski definition) is 3. The Morgan fingerprint density at radius 2 is 2.10 bits per heavy atom. The summed E-state index contributed by atoms with van der Waals surface area (Å²) in [6.07, 6.45) is 1.16. The fourth-order valence-electron chi connectivity index (χ4n) is 2.92. The van der Waals surface area contributed by atoms with Crippen LogP contribution in [0.5, 0.6) is 0 Å². The Bertz CT molecular complexity index is 510. The van der Waals surface area contributed by atoms with Crippen molar-refractivity contribution < 1.29 is 9.59 Å². The van der Waals surface area contributed by atoms with E-state index in [1.807, 2.05) is 34.9 Å². The van der Waals surface area contributed by atoms with Gasteiger partial charge in [0.15, 0.2) is 0 Å². The standard InChI is InChI=1S/C16H20N2O2S/c19-15-7-6-13(10-17-15)16(20)18-8-9-21-14(11-18)12-4-2-1-3-5-12/h1-5,13-14H,6-11H2,(H,17,19)/t13-,14+/m1/s1. The molecule has 0 radical (unpaired) electrons. The average molecular weight is 304 g/mol. The van der Waals surface area contributed by atoms with E-state index in [2.05, 4.69) is 17.4 Å². The zero-order chi connectivity index (χ0) is 14.7. The van der Waals surface area contributed by atoms with E-state index in [0.29, 0.717) is 24.6 Å². The first-order valence-corrected chi connectivity index (χ1v) is 8.51. The summed E-state index contributed by atoms with van der Waals surface area (Å²) in [6, 6.07) is 10.4. The van der Waals surface area contributed by atoms with Crippen molar-refractivity contribution in [2.45, 2.75) is 18.1 Å². The number of nitrogens with one attached hydrogen (secondary N) is 1. The van der Waals surface area contributed by atoms with Gasteiger partial charge in [-0.2, -0.15) is 11.8 Å². The summed E-state index contributed by atoms with van der Waals surface area (Å²) < 4.78 is 0. The molecule has 0 unspecified atom stereocenters. The van der Waals surface area contributed by atoms with Gasteiger partial charge in [-0.25, -0.2) is 0 Å². The number of piperidine rings is 1. The van der Waals surface area contributed by atoms with E-state index in [4.69, 9.17) is 0 Å². The van der Waals surface area contributed by atoms with Crippen LogP contribution >= 0.6 is 11.8 Å². The molecule has 21 heavy (non-hydrogen) atoms. The van der Waals surface area contributed by atoms with Gasteiger partial charge in [0.25, 0.3) is 0 Å². The van der Waals surface area contributed by atoms with Crippen LogP contribution in [0.1, 0.15) is 23.7 Å². The molecule has 4 nitrogen and oxygen atoms in total. The van der Waals surface area contributed by atoms with E-state index < -0.39 is 0 Å². The lowest BCUT2D eigenvalue weighted by Crippen LogP contribution is -2.47. The van der Waals surface area contributed by atoms with Gasteiger partial charge in [0.2, 0.25) is 11.8 Å². The first kappa shape index (κ1) is 14.4. The fourth-order valence-corrected chi connectivity index (χ4v) is 4.17. The van der Waals surface area contributed by atoms with Crippen LogP contribution in [0.4, 0.5) is 0 Å². The van der Waals surface area contributed by atoms with E-state index >= 15 is 0 Å². The summed E-state index contributed by atoms with van der Waals surface area (Å²) in [4.78, 5) is 25.8. The Morgan fingerprint density at radius 3 is 2.81 bits per heavy atom. The van der Waals surface area contributed by atoms with E-state index in [1.165, 1.54) is 5.56 Å². The smallest absolute Gasteiger partial charge is 0.227 e. The van der Waals surface area contributed by atoms with Crippen molar-refractivity contribution in [3.05, 3.63) is 35.9 Å². The molecule has 2 fully saturated rings. The quantitative estimate of drug-likeness (QED) is 0.907. The molecule has 1 aromatic rings. The number of rotatable bonds is 2. The predicted octanol–water partition coefficient (Wildman–Crippen LogP) is 1.83. The molecule has 0 saturated carbocycles. The molecule has 2 atom stereocenters. The molecule has 112 valence electrons. The minimum Gasteiger partial charge on any atom is -0.355 e. The molecule has 2 heterocycles. The molecule has 1 N–H and O–H groups in total. The molecule has 2 saturated heterocycles. The van der Waals surface area contributed by atoms with E-state index in [-0.39, 0.29) is 17.7 Å². The zero-order valence-corrected chi connectivity index (χ0v) is 12.8. The SMILES string of the molecule is O=C1CC[C@@H](C(=O)N2CCS[C@H](c3ccccc3)C2)CN1. The Balaban J connectivity index is 1.63. The largest absolute Gasteiger partial charge is 0.355 e. The summed E-state index contributed by atoms with van der Waals surface area (Å²) in [5.74, 6) is 1.21. The lowest BCUT2D eigenvalue weighted by atomic mass is 9.97. The lowest BCUT2D eigenvalue weighted by molar-refractivity contribution is -0.137. The van der Waals surface area contributed by atoms with Gasteiger partial charge in [-0.05, 0) is 12.0 Å². The van der Waals surface area contributed by atoms with Gasteiger partial charge in [-0.15, -0.1) is 0 Å². The van der Waals surface area contributed by atoms with Crippen LogP contribution in [-0.4, -0.2) is 42.1 Å². The van der Waals surface area contributed by atoms with Crippen LogP contribution in [0.15, 0.2) is 30.3 Å². The molecular weight excluding hydrogens is 284 g/mol. The minimum atomic E-state index is -0.0396. The third-order valence-electron chi connectivity index (χ3n) is 4.16. The number of carbonyl (C=O) groups is 2. The molecule has 2 amide bonds. The molecule has 1 aromatic carbocycles. The average Bonchev–Trinajstić information content (AvgIpc) is 2.56. The molecule has 0 aliphatic carbocycles. The number of thioether (sulfide) groups is 1. The van der Waals surface area contributed by atoms with Crippen molar-refractivity contribution in [1.29, 1.82) is 0 Å². The van der Waals surface area contributed by atoms with Gasteiger partial charge in [0.05, 0.1) is 5.92 Å². The molecular formula is C16H20N2O2S. The van der Waals surface area contributed by atoms with Crippen molar-refractivity contribution in [2.75, 3.05) is 25.4 Å². The highest BCUT2D eigenvalue weighted by Gasteiger charge is 2.31. The van der Waals surface area contributed by atoms with E-state index in [1.54, 1.807) is 0 Å².